The standard InChI is InChI=1S/C25H31N5O3/c1-18-16-19(2)26-24-23(18)25(27-28(24)3)33-17-22(32)30-14-12-29(13-15-30)21(31)11-7-10-20-8-5-4-6-9-20/h4-6,8-9,16H,7,10-15,17H2,1-3H3. The molecule has 0 saturated carbocycles. The number of carbonyl (C=O) groups is 2. The van der Waals surface area contributed by atoms with Crippen LogP contribution in [0.5, 0.6) is 5.88 Å². The monoisotopic (exact) mass is 449 g/mol. The summed E-state index contributed by atoms with van der Waals surface area (Å²) in [6.07, 6.45) is 2.27. The van der Waals surface area contributed by atoms with Crippen LogP contribution in [-0.4, -0.2) is 69.2 Å². The van der Waals surface area contributed by atoms with Crippen LogP contribution >= 0.6 is 0 Å². The van der Waals surface area contributed by atoms with Crippen LogP contribution in [0.4, 0.5) is 0 Å². The van der Waals surface area contributed by atoms with E-state index in [0.29, 0.717) is 38.5 Å². The van der Waals surface area contributed by atoms with Gasteiger partial charge in [0.15, 0.2) is 12.3 Å². The minimum absolute atomic E-state index is 0.0789. The number of hydrogen-bond donors (Lipinski definition) is 0. The number of pyridine rings is 1. The van der Waals surface area contributed by atoms with E-state index in [1.807, 2.05) is 50.1 Å². The van der Waals surface area contributed by atoms with Gasteiger partial charge >= 0.3 is 0 Å². The van der Waals surface area contributed by atoms with Crippen molar-refractivity contribution in [2.75, 3.05) is 32.8 Å². The summed E-state index contributed by atoms with van der Waals surface area (Å²) in [6.45, 7) is 6.02. The maximum Gasteiger partial charge on any atom is 0.260 e. The van der Waals surface area contributed by atoms with Crippen LogP contribution in [0.3, 0.4) is 0 Å². The zero-order valence-corrected chi connectivity index (χ0v) is 19.6. The number of rotatable bonds is 7. The first kappa shape index (κ1) is 22.8. The molecule has 33 heavy (non-hydrogen) atoms. The quantitative estimate of drug-likeness (QED) is 0.554. The number of piperazine rings is 1. The highest BCUT2D eigenvalue weighted by molar-refractivity contribution is 5.86. The highest BCUT2D eigenvalue weighted by Crippen LogP contribution is 2.27. The molecule has 0 aliphatic carbocycles. The molecule has 1 saturated heterocycles. The molecule has 0 radical (unpaired) electrons. The second-order valence-electron chi connectivity index (χ2n) is 8.60. The van der Waals surface area contributed by atoms with Crippen molar-refractivity contribution in [3.05, 3.63) is 53.2 Å². The summed E-state index contributed by atoms with van der Waals surface area (Å²) < 4.78 is 7.48. The Morgan fingerprint density at radius 3 is 2.36 bits per heavy atom. The Morgan fingerprint density at radius 1 is 1.00 bits per heavy atom. The summed E-state index contributed by atoms with van der Waals surface area (Å²) in [6, 6.07) is 12.2. The fourth-order valence-corrected chi connectivity index (χ4v) is 4.32. The fraction of sp³-hybridized carbons (Fsp3) is 0.440. The SMILES string of the molecule is Cc1cc(C)c2c(OCC(=O)N3CCN(C(=O)CCCc4ccccc4)CC3)nn(C)c2n1. The average Bonchev–Trinajstić information content (AvgIpc) is 3.13. The van der Waals surface area contributed by atoms with Crippen molar-refractivity contribution in [1.82, 2.24) is 24.6 Å². The van der Waals surface area contributed by atoms with Gasteiger partial charge in [0.2, 0.25) is 11.8 Å². The van der Waals surface area contributed by atoms with E-state index >= 15 is 0 Å². The van der Waals surface area contributed by atoms with E-state index in [-0.39, 0.29) is 18.4 Å². The first-order chi connectivity index (χ1) is 15.9. The summed E-state index contributed by atoms with van der Waals surface area (Å²) >= 11 is 0. The molecule has 0 spiro atoms. The van der Waals surface area contributed by atoms with Crippen molar-refractivity contribution < 1.29 is 14.3 Å². The van der Waals surface area contributed by atoms with Gasteiger partial charge in [-0.2, -0.15) is 0 Å². The smallest absolute Gasteiger partial charge is 0.260 e. The van der Waals surface area contributed by atoms with Gasteiger partial charge in [0.25, 0.3) is 5.91 Å². The molecular formula is C25H31N5O3. The Hall–Kier alpha value is -3.42. The first-order valence-corrected chi connectivity index (χ1v) is 11.5. The number of ether oxygens (including phenoxy) is 1. The molecule has 0 atom stereocenters. The Labute approximate surface area is 194 Å². The van der Waals surface area contributed by atoms with Crippen molar-refractivity contribution >= 4 is 22.8 Å². The van der Waals surface area contributed by atoms with Gasteiger partial charge in [-0.25, -0.2) is 9.67 Å². The van der Waals surface area contributed by atoms with Crippen LogP contribution < -0.4 is 4.74 Å². The van der Waals surface area contributed by atoms with Gasteiger partial charge < -0.3 is 14.5 Å². The van der Waals surface area contributed by atoms with Gasteiger partial charge in [0.1, 0.15) is 0 Å². The topological polar surface area (TPSA) is 80.6 Å². The van der Waals surface area contributed by atoms with E-state index in [1.165, 1.54) is 5.56 Å². The molecule has 1 fully saturated rings. The maximum absolute atomic E-state index is 12.7. The highest BCUT2D eigenvalue weighted by atomic mass is 16.5. The van der Waals surface area contributed by atoms with Crippen LogP contribution in [0, 0.1) is 13.8 Å². The predicted molar refractivity (Wildman–Crippen MR) is 126 cm³/mol. The number of nitrogens with zero attached hydrogens (tertiary/aromatic N) is 5. The molecule has 1 aliphatic rings. The normalized spacial score (nSPS) is 14.0. The molecule has 2 aromatic heterocycles. The second kappa shape index (κ2) is 10.0. The van der Waals surface area contributed by atoms with Crippen molar-refractivity contribution in [1.29, 1.82) is 0 Å². The van der Waals surface area contributed by atoms with Crippen molar-refractivity contribution in [2.24, 2.45) is 7.05 Å². The average molecular weight is 450 g/mol. The van der Waals surface area contributed by atoms with Gasteiger partial charge in [0.05, 0.1) is 5.39 Å². The van der Waals surface area contributed by atoms with E-state index < -0.39 is 0 Å². The fourth-order valence-electron chi connectivity index (χ4n) is 4.32. The second-order valence-corrected chi connectivity index (χ2v) is 8.60. The van der Waals surface area contributed by atoms with Crippen LogP contribution in [0.25, 0.3) is 11.0 Å². The lowest BCUT2D eigenvalue weighted by molar-refractivity contribution is -0.140. The lowest BCUT2D eigenvalue weighted by Gasteiger charge is -2.34. The van der Waals surface area contributed by atoms with Gasteiger partial charge in [0, 0.05) is 45.3 Å². The zero-order chi connectivity index (χ0) is 23.4. The summed E-state index contributed by atoms with van der Waals surface area (Å²) in [5, 5.41) is 5.24. The number of amides is 2. The zero-order valence-electron chi connectivity index (χ0n) is 19.6. The molecule has 2 amide bonds. The Balaban J connectivity index is 1.24. The molecule has 0 N–H and O–H groups in total. The largest absolute Gasteiger partial charge is 0.466 e. The molecule has 3 heterocycles. The third-order valence-electron chi connectivity index (χ3n) is 6.10. The van der Waals surface area contributed by atoms with E-state index in [4.69, 9.17) is 4.74 Å². The number of aromatic nitrogens is 3. The van der Waals surface area contributed by atoms with Gasteiger partial charge in [-0.15, -0.1) is 5.10 Å². The van der Waals surface area contributed by atoms with Gasteiger partial charge in [-0.05, 0) is 43.9 Å². The third kappa shape index (κ3) is 5.32. The number of fused-ring (bicyclic) bond motifs is 1. The van der Waals surface area contributed by atoms with Gasteiger partial charge in [-0.1, -0.05) is 30.3 Å². The molecule has 0 bridgehead atoms. The predicted octanol–water partition coefficient (Wildman–Crippen LogP) is 2.66. The molecule has 4 rings (SSSR count). The minimum atomic E-state index is -0.0947. The number of hydrogen-bond acceptors (Lipinski definition) is 5. The maximum atomic E-state index is 12.7. The van der Waals surface area contributed by atoms with Gasteiger partial charge in [-0.3, -0.25) is 9.59 Å². The van der Waals surface area contributed by atoms with Crippen LogP contribution in [0.2, 0.25) is 0 Å². The molecule has 8 nitrogen and oxygen atoms in total. The first-order valence-electron chi connectivity index (χ1n) is 11.5. The summed E-state index contributed by atoms with van der Waals surface area (Å²) in [7, 11) is 1.82. The van der Waals surface area contributed by atoms with E-state index in [1.54, 1.807) is 9.58 Å². The van der Waals surface area contributed by atoms with Crippen molar-refractivity contribution in [3.63, 3.8) is 0 Å². The summed E-state index contributed by atoms with van der Waals surface area (Å²) in [4.78, 5) is 33.4. The Bertz CT molecular complexity index is 1130. The molecule has 0 unspecified atom stereocenters. The van der Waals surface area contributed by atoms with Crippen LogP contribution in [-0.2, 0) is 23.1 Å². The number of carbonyl (C=O) groups excluding carboxylic acids is 2. The molecule has 1 aromatic carbocycles. The minimum Gasteiger partial charge on any atom is -0.466 e. The lowest BCUT2D eigenvalue weighted by atomic mass is 10.1. The molecule has 174 valence electrons. The highest BCUT2D eigenvalue weighted by Gasteiger charge is 2.25. The summed E-state index contributed by atoms with van der Waals surface area (Å²) in [5.41, 5.74) is 3.93. The molecule has 1 aliphatic heterocycles. The van der Waals surface area contributed by atoms with E-state index in [2.05, 4.69) is 22.2 Å². The van der Waals surface area contributed by atoms with Crippen LogP contribution in [0.1, 0.15) is 29.7 Å². The van der Waals surface area contributed by atoms with E-state index in [9.17, 15) is 9.59 Å². The molecular weight excluding hydrogens is 418 g/mol. The Kier molecular flexibility index (Phi) is 6.91. The Morgan fingerprint density at radius 2 is 1.67 bits per heavy atom. The molecule has 3 aromatic rings. The van der Waals surface area contributed by atoms with Crippen LogP contribution in [0.15, 0.2) is 36.4 Å². The number of aryl methyl sites for hydroxylation is 4. The van der Waals surface area contributed by atoms with Crippen molar-refractivity contribution in [2.45, 2.75) is 33.1 Å². The van der Waals surface area contributed by atoms with Crippen molar-refractivity contribution in [3.8, 4) is 5.88 Å². The molecule has 8 heteroatoms. The van der Waals surface area contributed by atoms with E-state index in [0.717, 1.165) is 35.1 Å². The number of benzene rings is 1. The lowest BCUT2D eigenvalue weighted by Crippen LogP contribution is -2.51. The third-order valence-corrected chi connectivity index (χ3v) is 6.10. The summed E-state index contributed by atoms with van der Waals surface area (Å²) in [5.74, 6) is 0.494.